The molecule has 25 nitrogen and oxygen atoms in total. The van der Waals surface area contributed by atoms with Crippen molar-refractivity contribution < 1.29 is 125 Å². The monoisotopic (exact) mass is 814 g/mol. The lowest BCUT2D eigenvalue weighted by Crippen LogP contribution is -2.68. The molecule has 25 heteroatoms. The normalized spacial score (nSPS) is 47.9. The van der Waals surface area contributed by atoms with Gasteiger partial charge in [-0.1, -0.05) is 0 Å². The molecule has 0 saturated carbocycles. The fraction of sp³-hybridized carbons (Fsp3) is 1.00. The van der Waals surface area contributed by atoms with Crippen LogP contribution in [0.3, 0.4) is 0 Å². The molecule has 0 aliphatic carbocycles. The highest BCUT2D eigenvalue weighted by Gasteiger charge is 2.56. The molecule has 0 aromatic heterocycles. The first-order valence-corrected chi connectivity index (χ1v) is 17.4. The maximum Gasteiger partial charge on any atom is 0.187 e. The molecule has 0 bridgehead atoms. The van der Waals surface area contributed by atoms with Crippen molar-refractivity contribution in [1.82, 2.24) is 0 Å². The van der Waals surface area contributed by atoms with Crippen LogP contribution in [0.1, 0.15) is 6.92 Å². The molecule has 24 atom stereocenters. The maximum atomic E-state index is 11.7. The number of rotatable bonds is 16. The lowest BCUT2D eigenvalue weighted by atomic mass is 9.95. The van der Waals surface area contributed by atoms with Crippen LogP contribution in [-0.4, -0.2) is 267 Å². The molecule has 0 amide bonds. The van der Waals surface area contributed by atoms with E-state index in [4.69, 9.17) is 37.9 Å². The molecule has 324 valence electrons. The summed E-state index contributed by atoms with van der Waals surface area (Å²) in [5, 5.41) is 176. The van der Waals surface area contributed by atoms with Crippen molar-refractivity contribution in [1.29, 1.82) is 0 Å². The summed E-state index contributed by atoms with van der Waals surface area (Å²) < 4.78 is 44.8. The van der Waals surface area contributed by atoms with Gasteiger partial charge < -0.3 is 125 Å². The molecule has 4 heterocycles. The molecule has 4 aliphatic heterocycles. The Kier molecular flexibility index (Phi) is 17.2. The van der Waals surface area contributed by atoms with E-state index < -0.39 is 180 Å². The van der Waals surface area contributed by atoms with Gasteiger partial charge in [0.15, 0.2) is 25.2 Å². The van der Waals surface area contributed by atoms with Gasteiger partial charge in [-0.2, -0.15) is 0 Å². The molecule has 4 fully saturated rings. The highest BCUT2D eigenvalue weighted by atomic mass is 16.8. The molecule has 55 heavy (non-hydrogen) atoms. The Morgan fingerprint density at radius 3 is 1.25 bits per heavy atom. The summed E-state index contributed by atoms with van der Waals surface area (Å²) in [6, 6.07) is 0. The minimum atomic E-state index is -2.14. The maximum absolute atomic E-state index is 11.7. The van der Waals surface area contributed by atoms with Gasteiger partial charge in [-0.15, -0.1) is 0 Å². The third-order valence-electron chi connectivity index (χ3n) is 9.88. The van der Waals surface area contributed by atoms with E-state index in [9.17, 15) is 86.8 Å². The van der Waals surface area contributed by atoms with E-state index in [2.05, 4.69) is 0 Å². The van der Waals surface area contributed by atoms with E-state index >= 15 is 0 Å². The van der Waals surface area contributed by atoms with Gasteiger partial charge in [0.2, 0.25) is 0 Å². The Hall–Kier alpha value is -1.00. The average Bonchev–Trinajstić information content (AvgIpc) is 3.17. The minimum Gasteiger partial charge on any atom is -0.394 e. The third kappa shape index (κ3) is 10.1. The Bertz CT molecular complexity index is 1140. The Morgan fingerprint density at radius 1 is 0.436 bits per heavy atom. The van der Waals surface area contributed by atoms with Gasteiger partial charge in [-0.25, -0.2) is 0 Å². The largest absolute Gasteiger partial charge is 0.394 e. The third-order valence-corrected chi connectivity index (χ3v) is 9.88. The molecular formula is C30H54O25. The van der Waals surface area contributed by atoms with Crippen LogP contribution in [0.2, 0.25) is 0 Å². The predicted octanol–water partition coefficient (Wildman–Crippen LogP) is -11.3. The van der Waals surface area contributed by atoms with Gasteiger partial charge in [0, 0.05) is 0 Å². The summed E-state index contributed by atoms with van der Waals surface area (Å²) >= 11 is 0. The molecule has 4 saturated heterocycles. The summed E-state index contributed by atoms with van der Waals surface area (Å²) in [6.45, 7) is -3.66. The molecule has 0 radical (unpaired) electrons. The Morgan fingerprint density at radius 2 is 0.818 bits per heavy atom. The number of hydrogen-bond acceptors (Lipinski definition) is 25. The first-order chi connectivity index (χ1) is 25.9. The first kappa shape index (κ1) is 46.7. The molecular weight excluding hydrogens is 760 g/mol. The summed E-state index contributed by atoms with van der Waals surface area (Å²) in [4.78, 5) is 0. The van der Waals surface area contributed by atoms with Crippen molar-refractivity contribution in [2.45, 2.75) is 154 Å². The van der Waals surface area contributed by atoms with Gasteiger partial charge in [0.05, 0.1) is 39.1 Å². The zero-order valence-corrected chi connectivity index (χ0v) is 29.3. The van der Waals surface area contributed by atoms with E-state index in [1.807, 2.05) is 0 Å². The van der Waals surface area contributed by atoms with Crippen molar-refractivity contribution >= 4 is 0 Å². The van der Waals surface area contributed by atoms with Crippen LogP contribution in [-0.2, 0) is 37.9 Å². The molecule has 0 aromatic carbocycles. The fourth-order valence-electron chi connectivity index (χ4n) is 6.55. The quantitative estimate of drug-likeness (QED) is 0.0688. The zero-order chi connectivity index (χ0) is 41.0. The van der Waals surface area contributed by atoms with Crippen LogP contribution in [0, 0.1) is 0 Å². The van der Waals surface area contributed by atoms with Crippen molar-refractivity contribution in [3.63, 3.8) is 0 Å². The lowest BCUT2D eigenvalue weighted by molar-refractivity contribution is -0.404. The highest BCUT2D eigenvalue weighted by Crippen LogP contribution is 2.36. The Balaban J connectivity index is 1.64. The fourth-order valence-corrected chi connectivity index (χ4v) is 6.55. The molecule has 4 aliphatic rings. The van der Waals surface area contributed by atoms with E-state index in [1.54, 1.807) is 0 Å². The topological polar surface area (TPSA) is 418 Å². The van der Waals surface area contributed by atoms with E-state index in [0.717, 1.165) is 6.92 Å². The van der Waals surface area contributed by atoms with Crippen molar-refractivity contribution in [2.75, 3.05) is 33.0 Å². The van der Waals surface area contributed by atoms with Crippen LogP contribution < -0.4 is 0 Å². The second kappa shape index (κ2) is 20.3. The molecule has 17 N–H and O–H groups in total. The number of aliphatic hydroxyl groups is 17. The van der Waals surface area contributed by atoms with Gasteiger partial charge in [0.25, 0.3) is 0 Å². The van der Waals surface area contributed by atoms with Crippen LogP contribution in [0.15, 0.2) is 0 Å². The van der Waals surface area contributed by atoms with Gasteiger partial charge in [-0.05, 0) is 6.92 Å². The van der Waals surface area contributed by atoms with Crippen LogP contribution >= 0.6 is 0 Å². The van der Waals surface area contributed by atoms with Crippen LogP contribution in [0.25, 0.3) is 0 Å². The molecule has 0 unspecified atom stereocenters. The van der Waals surface area contributed by atoms with Gasteiger partial charge in [-0.3, -0.25) is 0 Å². The standard InChI is InChI=1S/C30H54O25/c1-7(36)13(38)23(8(37)2-31)52-29-21(46)18(43)24(11(5-34)50-29)54-30-26(55-28-20(45)17(42)15(40)10(4-33)49-28)22(47)25(12(6-35)51-30)53-27-19(44)16(41)14(39)9(3-32)48-27/h7-47H,2-6H2,1H3/t7-,8-,9+,10+,11+,12+,13-,14+,15+,16-,17-,18+,19+,20+,21+,22-,23+,24+,25-,26+,27-,28+,29+,30-/m0/s1. The predicted molar refractivity (Wildman–Crippen MR) is 167 cm³/mol. The van der Waals surface area contributed by atoms with E-state index in [0.29, 0.717) is 0 Å². The summed E-state index contributed by atoms with van der Waals surface area (Å²) in [7, 11) is 0. The zero-order valence-electron chi connectivity index (χ0n) is 29.3. The van der Waals surface area contributed by atoms with Crippen molar-refractivity contribution in [3.05, 3.63) is 0 Å². The average molecular weight is 815 g/mol. The number of hydrogen-bond donors (Lipinski definition) is 17. The van der Waals surface area contributed by atoms with Crippen molar-refractivity contribution in [3.8, 4) is 0 Å². The Labute approximate surface area is 312 Å². The SMILES string of the molecule is C[C@H](O)[C@H](O)[C@H](O[C@H]1O[C@H](CO)[C@@H](O[C@@H]2O[C@H](CO)[C@H](O[C@@H]3O[C@H](CO)[C@@H](O)[C@H](O)[C@H]3O)[C@H](O)[C@H]2O[C@H]2O[C@H](CO)[C@@H](O)[C@H](O)[C@H]2O)[C@H](O)[C@H]1O)[C@@H](O)CO. The molecule has 0 aromatic rings. The van der Waals surface area contributed by atoms with Gasteiger partial charge in [0.1, 0.15) is 116 Å². The highest BCUT2D eigenvalue weighted by molar-refractivity contribution is 4.99. The smallest absolute Gasteiger partial charge is 0.187 e. The number of ether oxygens (including phenoxy) is 8. The van der Waals surface area contributed by atoms with Gasteiger partial charge >= 0.3 is 0 Å². The summed E-state index contributed by atoms with van der Waals surface area (Å²) in [5.41, 5.74) is 0. The lowest BCUT2D eigenvalue weighted by Gasteiger charge is -2.50. The molecule has 0 spiro atoms. The molecule has 4 rings (SSSR count). The van der Waals surface area contributed by atoms with Crippen molar-refractivity contribution in [2.24, 2.45) is 0 Å². The minimum absolute atomic E-state index is 0.865. The summed E-state index contributed by atoms with van der Waals surface area (Å²) in [6.07, 6.45) is -45.3. The number of aliphatic hydroxyl groups excluding tert-OH is 17. The van der Waals surface area contributed by atoms with E-state index in [1.165, 1.54) is 0 Å². The van der Waals surface area contributed by atoms with Crippen LogP contribution in [0.4, 0.5) is 0 Å². The summed E-state index contributed by atoms with van der Waals surface area (Å²) in [5.74, 6) is 0. The second-order valence-electron chi connectivity index (χ2n) is 13.7. The first-order valence-electron chi connectivity index (χ1n) is 17.4. The van der Waals surface area contributed by atoms with E-state index in [-0.39, 0.29) is 0 Å². The van der Waals surface area contributed by atoms with Crippen LogP contribution in [0.5, 0.6) is 0 Å². The second-order valence-corrected chi connectivity index (χ2v) is 13.7.